The van der Waals surface area contributed by atoms with Crippen LogP contribution < -0.4 is 10.2 Å². The molecule has 1 aromatic carbocycles. The fraction of sp³-hybridized carbons (Fsp3) is 0.500. The van der Waals surface area contributed by atoms with Gasteiger partial charge in [-0.1, -0.05) is 19.1 Å². The zero-order valence-corrected chi connectivity index (χ0v) is 10.7. The van der Waals surface area contributed by atoms with Crippen molar-refractivity contribution >= 4 is 11.6 Å². The molecule has 1 aliphatic heterocycles. The first kappa shape index (κ1) is 12.1. The van der Waals surface area contributed by atoms with Crippen LogP contribution in [0.5, 0.6) is 0 Å². The van der Waals surface area contributed by atoms with E-state index >= 15 is 0 Å². The van der Waals surface area contributed by atoms with Gasteiger partial charge in [0.1, 0.15) is 0 Å². The largest absolute Gasteiger partial charge is 0.314 e. The Morgan fingerprint density at radius 3 is 2.82 bits per heavy atom. The minimum atomic E-state index is -0.0273. The maximum Gasteiger partial charge on any atom is 0.244 e. The monoisotopic (exact) mass is 232 g/mol. The average Bonchev–Trinajstić information content (AvgIpc) is 2.73. The van der Waals surface area contributed by atoms with E-state index in [0.717, 1.165) is 18.7 Å². The average molecular weight is 232 g/mol. The van der Waals surface area contributed by atoms with Gasteiger partial charge >= 0.3 is 0 Å². The van der Waals surface area contributed by atoms with Crippen LogP contribution in [0.25, 0.3) is 0 Å². The zero-order valence-electron chi connectivity index (χ0n) is 10.7. The molecule has 1 N–H and O–H groups in total. The van der Waals surface area contributed by atoms with Gasteiger partial charge in [0.25, 0.3) is 0 Å². The summed E-state index contributed by atoms with van der Waals surface area (Å²) in [6.45, 7) is 5.12. The van der Waals surface area contributed by atoms with E-state index in [-0.39, 0.29) is 11.9 Å². The number of carbonyl (C=O) groups excluding carboxylic acids is 1. The van der Waals surface area contributed by atoms with E-state index in [1.807, 2.05) is 38.2 Å². The van der Waals surface area contributed by atoms with Gasteiger partial charge in [-0.05, 0) is 43.5 Å². The number of hydrogen-bond acceptors (Lipinski definition) is 2. The fourth-order valence-electron chi connectivity index (χ4n) is 2.34. The van der Waals surface area contributed by atoms with E-state index in [1.54, 1.807) is 4.90 Å². The van der Waals surface area contributed by atoms with E-state index in [2.05, 4.69) is 12.2 Å². The number of aryl methyl sites for hydroxylation is 1. The number of carbonyl (C=O) groups is 1. The summed E-state index contributed by atoms with van der Waals surface area (Å²) in [6, 6.07) is 8.01. The quantitative estimate of drug-likeness (QED) is 0.845. The van der Waals surface area contributed by atoms with Crippen molar-refractivity contribution in [2.45, 2.75) is 26.3 Å². The molecule has 1 aliphatic rings. The number of amides is 1. The van der Waals surface area contributed by atoms with Crippen LogP contribution >= 0.6 is 0 Å². The Kier molecular flexibility index (Phi) is 3.48. The lowest BCUT2D eigenvalue weighted by molar-refractivity contribution is -0.120. The highest BCUT2D eigenvalue weighted by Crippen LogP contribution is 2.20. The minimum Gasteiger partial charge on any atom is -0.314 e. The van der Waals surface area contributed by atoms with Crippen LogP contribution in [0.4, 0.5) is 5.69 Å². The Balaban J connectivity index is 2.14. The maximum atomic E-state index is 12.3. The molecule has 0 aromatic heterocycles. The number of hydrogen-bond donors (Lipinski definition) is 1. The second-order valence-electron chi connectivity index (χ2n) is 4.93. The summed E-state index contributed by atoms with van der Waals surface area (Å²) < 4.78 is 0. The Morgan fingerprint density at radius 1 is 1.47 bits per heavy atom. The number of benzene rings is 1. The predicted octanol–water partition coefficient (Wildman–Crippen LogP) is 1.96. The minimum absolute atomic E-state index is 0.0273. The van der Waals surface area contributed by atoms with Crippen molar-refractivity contribution in [2.75, 3.05) is 18.5 Å². The van der Waals surface area contributed by atoms with Crippen LogP contribution in [-0.2, 0) is 4.79 Å². The summed E-state index contributed by atoms with van der Waals surface area (Å²) in [5.41, 5.74) is 2.14. The molecule has 2 unspecified atom stereocenters. The van der Waals surface area contributed by atoms with Gasteiger partial charge in [0.15, 0.2) is 0 Å². The van der Waals surface area contributed by atoms with E-state index in [4.69, 9.17) is 0 Å². The number of likely N-dealkylation sites (N-methyl/N-ethyl adjacent to an activating group) is 1. The van der Waals surface area contributed by atoms with Gasteiger partial charge in [-0.25, -0.2) is 0 Å². The first-order valence-corrected chi connectivity index (χ1v) is 6.17. The molecule has 1 aromatic rings. The third-order valence-electron chi connectivity index (χ3n) is 3.52. The second kappa shape index (κ2) is 4.88. The Bertz CT molecular complexity index is 416. The summed E-state index contributed by atoms with van der Waals surface area (Å²) in [6.07, 6.45) is 1.08. The normalized spacial score (nSPS) is 23.7. The molecule has 1 saturated heterocycles. The summed E-state index contributed by atoms with van der Waals surface area (Å²) in [4.78, 5) is 14.1. The lowest BCUT2D eigenvalue weighted by Crippen LogP contribution is -2.44. The molecule has 3 heteroatoms. The number of rotatable bonds is 2. The lowest BCUT2D eigenvalue weighted by Gasteiger charge is -2.23. The molecule has 1 fully saturated rings. The highest BCUT2D eigenvalue weighted by Gasteiger charge is 2.31. The van der Waals surface area contributed by atoms with Crippen molar-refractivity contribution in [1.29, 1.82) is 0 Å². The van der Waals surface area contributed by atoms with Gasteiger partial charge in [-0.2, -0.15) is 0 Å². The maximum absolute atomic E-state index is 12.3. The van der Waals surface area contributed by atoms with Crippen LogP contribution in [0.1, 0.15) is 18.9 Å². The topological polar surface area (TPSA) is 32.3 Å². The lowest BCUT2D eigenvalue weighted by atomic mass is 10.0. The Labute approximate surface area is 103 Å². The van der Waals surface area contributed by atoms with Gasteiger partial charge in [0.2, 0.25) is 5.91 Å². The highest BCUT2D eigenvalue weighted by atomic mass is 16.2. The van der Waals surface area contributed by atoms with E-state index in [9.17, 15) is 4.79 Å². The molecule has 17 heavy (non-hydrogen) atoms. The van der Waals surface area contributed by atoms with Crippen molar-refractivity contribution in [2.24, 2.45) is 5.92 Å². The van der Waals surface area contributed by atoms with Crippen LogP contribution in [0, 0.1) is 12.8 Å². The predicted molar refractivity (Wildman–Crippen MR) is 70.2 cm³/mol. The van der Waals surface area contributed by atoms with Crippen molar-refractivity contribution < 1.29 is 4.79 Å². The molecular weight excluding hydrogens is 212 g/mol. The Hall–Kier alpha value is -1.35. The number of anilines is 1. The van der Waals surface area contributed by atoms with Crippen LogP contribution in [0.3, 0.4) is 0 Å². The SMILES string of the molecule is Cc1cccc(N(C)C(=O)C2NCCC2C)c1. The van der Waals surface area contributed by atoms with Crippen molar-refractivity contribution in [3.8, 4) is 0 Å². The van der Waals surface area contributed by atoms with Crippen LogP contribution in [0.15, 0.2) is 24.3 Å². The summed E-state index contributed by atoms with van der Waals surface area (Å²) in [7, 11) is 1.85. The smallest absolute Gasteiger partial charge is 0.244 e. The standard InChI is InChI=1S/C14H20N2O/c1-10-5-4-6-12(9-10)16(3)14(17)13-11(2)7-8-15-13/h4-6,9,11,13,15H,7-8H2,1-3H3. The molecule has 2 rings (SSSR count). The van der Waals surface area contributed by atoms with Crippen molar-refractivity contribution in [3.05, 3.63) is 29.8 Å². The van der Waals surface area contributed by atoms with Gasteiger partial charge in [-0.15, -0.1) is 0 Å². The van der Waals surface area contributed by atoms with Gasteiger partial charge in [-0.3, -0.25) is 4.79 Å². The number of nitrogens with zero attached hydrogens (tertiary/aromatic N) is 1. The van der Waals surface area contributed by atoms with Crippen molar-refractivity contribution in [1.82, 2.24) is 5.32 Å². The van der Waals surface area contributed by atoms with E-state index in [1.165, 1.54) is 5.56 Å². The van der Waals surface area contributed by atoms with Crippen LogP contribution in [-0.4, -0.2) is 25.5 Å². The van der Waals surface area contributed by atoms with E-state index < -0.39 is 0 Å². The third kappa shape index (κ3) is 2.50. The zero-order chi connectivity index (χ0) is 12.4. The van der Waals surface area contributed by atoms with Gasteiger partial charge < -0.3 is 10.2 Å². The molecule has 0 spiro atoms. The number of nitrogens with one attached hydrogen (secondary N) is 1. The van der Waals surface area contributed by atoms with E-state index in [0.29, 0.717) is 5.92 Å². The molecular formula is C14H20N2O. The molecule has 3 nitrogen and oxygen atoms in total. The Morgan fingerprint density at radius 2 is 2.24 bits per heavy atom. The first-order valence-electron chi connectivity index (χ1n) is 6.17. The summed E-state index contributed by atoms with van der Waals surface area (Å²) in [5.74, 6) is 0.593. The first-order chi connectivity index (χ1) is 8.09. The molecule has 0 saturated carbocycles. The van der Waals surface area contributed by atoms with Gasteiger partial charge in [0.05, 0.1) is 6.04 Å². The molecule has 92 valence electrons. The second-order valence-corrected chi connectivity index (χ2v) is 4.93. The molecule has 0 bridgehead atoms. The molecule has 1 amide bonds. The molecule has 2 atom stereocenters. The molecule has 1 heterocycles. The van der Waals surface area contributed by atoms with Gasteiger partial charge in [0, 0.05) is 12.7 Å². The third-order valence-corrected chi connectivity index (χ3v) is 3.52. The highest BCUT2D eigenvalue weighted by molar-refractivity contribution is 5.97. The fourth-order valence-corrected chi connectivity index (χ4v) is 2.34. The summed E-state index contributed by atoms with van der Waals surface area (Å²) >= 11 is 0. The summed E-state index contributed by atoms with van der Waals surface area (Å²) in [5, 5.41) is 3.28. The molecule has 0 aliphatic carbocycles. The van der Waals surface area contributed by atoms with Crippen molar-refractivity contribution in [3.63, 3.8) is 0 Å². The van der Waals surface area contributed by atoms with Crippen LogP contribution in [0.2, 0.25) is 0 Å². The molecule has 0 radical (unpaired) electrons.